The number of hydrogen-bond donors (Lipinski definition) is 2. The van der Waals surface area contributed by atoms with Gasteiger partial charge < -0.3 is 10.4 Å². The Bertz CT molecular complexity index is 703. The number of aliphatic carboxylic acids is 1. The zero-order chi connectivity index (χ0) is 16.8. The first-order valence-corrected chi connectivity index (χ1v) is 8.84. The van der Waals surface area contributed by atoms with Crippen molar-refractivity contribution in [2.45, 2.75) is 12.8 Å². The third kappa shape index (κ3) is 5.62. The molecule has 1 amide bonds. The normalized spacial score (nSPS) is 11.7. The molecule has 2 aromatic carbocycles. The second kappa shape index (κ2) is 8.44. The number of carboxylic acid groups (broad SMARTS) is 1. The van der Waals surface area contributed by atoms with E-state index < -0.39 is 11.9 Å². The average molecular weight is 488 g/mol. The van der Waals surface area contributed by atoms with E-state index in [0.29, 0.717) is 12.1 Å². The topological polar surface area (TPSA) is 66.4 Å². The van der Waals surface area contributed by atoms with Crippen LogP contribution < -0.4 is 5.32 Å². The average Bonchev–Trinajstić information content (AvgIpc) is 2.50. The molecular weight excluding hydrogens is 473 g/mol. The lowest BCUT2D eigenvalue weighted by Gasteiger charge is -2.16. The van der Waals surface area contributed by atoms with Gasteiger partial charge in [-0.25, -0.2) is 0 Å². The summed E-state index contributed by atoms with van der Waals surface area (Å²) in [5.74, 6) is -1.88. The Balaban J connectivity index is 2.13. The van der Waals surface area contributed by atoms with Gasteiger partial charge in [-0.05, 0) is 58.8 Å². The van der Waals surface area contributed by atoms with Gasteiger partial charge in [-0.3, -0.25) is 9.59 Å². The number of nitrogens with one attached hydrogen (secondary N) is 1. The summed E-state index contributed by atoms with van der Waals surface area (Å²) in [4.78, 5) is 23.6. The molecule has 23 heavy (non-hydrogen) atoms. The minimum Gasteiger partial charge on any atom is -0.481 e. The predicted molar refractivity (Wildman–Crippen MR) is 101 cm³/mol. The molecular formula is C17H15BrINO3. The van der Waals surface area contributed by atoms with Crippen molar-refractivity contribution in [3.63, 3.8) is 0 Å². The first-order chi connectivity index (χ1) is 11.0. The van der Waals surface area contributed by atoms with E-state index in [4.69, 9.17) is 5.11 Å². The van der Waals surface area contributed by atoms with E-state index in [1.54, 1.807) is 6.07 Å². The number of carbonyl (C=O) groups is 2. The molecule has 2 rings (SSSR count). The predicted octanol–water partition coefficient (Wildman–Crippen LogP) is 4.33. The third-order valence-electron chi connectivity index (χ3n) is 3.32. The summed E-state index contributed by atoms with van der Waals surface area (Å²) in [6.07, 6.45) is 0.181. The van der Waals surface area contributed by atoms with Crippen molar-refractivity contribution < 1.29 is 14.7 Å². The number of rotatable bonds is 6. The van der Waals surface area contributed by atoms with Crippen LogP contribution in [0.5, 0.6) is 0 Å². The van der Waals surface area contributed by atoms with E-state index in [1.807, 2.05) is 42.5 Å². The molecule has 0 aliphatic rings. The Kier molecular flexibility index (Phi) is 6.59. The molecule has 1 atom stereocenters. The van der Waals surface area contributed by atoms with Crippen molar-refractivity contribution in [2.24, 2.45) is 5.92 Å². The minimum atomic E-state index is -0.981. The molecule has 0 aliphatic heterocycles. The van der Waals surface area contributed by atoms with Gasteiger partial charge in [0.05, 0.1) is 18.0 Å². The maximum absolute atomic E-state index is 12.5. The molecule has 0 spiro atoms. The Morgan fingerprint density at radius 2 is 1.78 bits per heavy atom. The van der Waals surface area contributed by atoms with Crippen LogP contribution >= 0.6 is 38.5 Å². The fourth-order valence-corrected chi connectivity index (χ4v) is 2.96. The summed E-state index contributed by atoms with van der Waals surface area (Å²) in [5, 5.41) is 11.9. The van der Waals surface area contributed by atoms with Gasteiger partial charge in [0.15, 0.2) is 0 Å². The third-order valence-corrected chi connectivity index (χ3v) is 4.79. The first-order valence-electron chi connectivity index (χ1n) is 6.97. The lowest BCUT2D eigenvalue weighted by Crippen LogP contribution is -2.27. The summed E-state index contributed by atoms with van der Waals surface area (Å²) in [7, 11) is 0. The van der Waals surface area contributed by atoms with Crippen molar-refractivity contribution in [2.75, 3.05) is 5.32 Å². The van der Waals surface area contributed by atoms with Crippen molar-refractivity contribution >= 4 is 56.1 Å². The largest absolute Gasteiger partial charge is 0.481 e. The minimum absolute atomic E-state index is 0.203. The quantitative estimate of drug-likeness (QED) is 0.596. The van der Waals surface area contributed by atoms with Gasteiger partial charge in [0, 0.05) is 8.04 Å². The molecule has 6 heteroatoms. The maximum Gasteiger partial charge on any atom is 0.304 e. The van der Waals surface area contributed by atoms with Crippen LogP contribution in [-0.2, 0) is 16.0 Å². The summed E-state index contributed by atoms with van der Waals surface area (Å²) < 4.78 is 1.86. The number of amides is 1. The number of carbonyl (C=O) groups excluding carboxylic acids is 1. The van der Waals surface area contributed by atoms with Crippen LogP contribution in [0.3, 0.4) is 0 Å². The van der Waals surface area contributed by atoms with E-state index in [9.17, 15) is 9.59 Å². The highest BCUT2D eigenvalue weighted by Crippen LogP contribution is 2.21. The van der Waals surface area contributed by atoms with Crippen LogP contribution in [0.15, 0.2) is 53.0 Å². The van der Waals surface area contributed by atoms with Crippen molar-refractivity contribution in [1.29, 1.82) is 0 Å². The summed E-state index contributed by atoms with van der Waals surface area (Å²) in [5.41, 5.74) is 1.63. The van der Waals surface area contributed by atoms with Gasteiger partial charge in [-0.2, -0.15) is 0 Å². The molecule has 0 unspecified atom stereocenters. The second-order valence-electron chi connectivity index (χ2n) is 5.09. The molecule has 4 nitrogen and oxygen atoms in total. The standard InChI is InChI=1S/C17H15BrINO3/c18-13-7-5-11(6-8-13)9-12(10-16(21)22)17(23)20-15-4-2-1-3-14(15)19/h1-8,12H,9-10H2,(H,20,23)(H,21,22)/t12-/m1/s1. The van der Waals surface area contributed by atoms with Gasteiger partial charge in [0.2, 0.25) is 5.91 Å². The summed E-state index contributed by atoms with van der Waals surface area (Å²) in [6.45, 7) is 0. The van der Waals surface area contributed by atoms with Crippen LogP contribution in [0.4, 0.5) is 5.69 Å². The van der Waals surface area contributed by atoms with Gasteiger partial charge in [0.1, 0.15) is 0 Å². The zero-order valence-corrected chi connectivity index (χ0v) is 15.9. The van der Waals surface area contributed by atoms with Crippen LogP contribution in [0.2, 0.25) is 0 Å². The summed E-state index contributed by atoms with van der Waals surface area (Å²) in [6, 6.07) is 14.9. The number of anilines is 1. The highest BCUT2D eigenvalue weighted by Gasteiger charge is 2.22. The van der Waals surface area contributed by atoms with E-state index in [2.05, 4.69) is 43.8 Å². The van der Waals surface area contributed by atoms with Gasteiger partial charge >= 0.3 is 5.97 Å². The number of halogens is 2. The maximum atomic E-state index is 12.5. The van der Waals surface area contributed by atoms with Gasteiger partial charge in [-0.15, -0.1) is 0 Å². The number of para-hydroxylation sites is 1. The smallest absolute Gasteiger partial charge is 0.304 e. The molecule has 2 aromatic rings. The van der Waals surface area contributed by atoms with Crippen molar-refractivity contribution in [3.05, 3.63) is 62.1 Å². The van der Waals surface area contributed by atoms with Crippen LogP contribution in [0.25, 0.3) is 0 Å². The molecule has 120 valence electrons. The van der Waals surface area contributed by atoms with Crippen molar-refractivity contribution in [1.82, 2.24) is 0 Å². The lowest BCUT2D eigenvalue weighted by atomic mass is 9.95. The zero-order valence-electron chi connectivity index (χ0n) is 12.1. The lowest BCUT2D eigenvalue weighted by molar-refractivity contribution is -0.140. The van der Waals surface area contributed by atoms with Crippen LogP contribution in [-0.4, -0.2) is 17.0 Å². The van der Waals surface area contributed by atoms with Crippen LogP contribution in [0, 0.1) is 9.49 Å². The summed E-state index contributed by atoms with van der Waals surface area (Å²) >= 11 is 5.49. The number of hydrogen-bond acceptors (Lipinski definition) is 2. The first kappa shape index (κ1) is 17.9. The Morgan fingerprint density at radius 1 is 1.13 bits per heavy atom. The molecule has 0 heterocycles. The second-order valence-corrected chi connectivity index (χ2v) is 7.17. The van der Waals surface area contributed by atoms with E-state index >= 15 is 0 Å². The molecule has 0 fully saturated rings. The van der Waals surface area contributed by atoms with E-state index in [1.165, 1.54) is 0 Å². The molecule has 0 aliphatic carbocycles. The highest BCUT2D eigenvalue weighted by atomic mass is 127. The molecule has 0 saturated carbocycles. The van der Waals surface area contributed by atoms with Crippen molar-refractivity contribution in [3.8, 4) is 0 Å². The Morgan fingerprint density at radius 3 is 2.39 bits per heavy atom. The van der Waals surface area contributed by atoms with E-state index in [0.717, 1.165) is 13.6 Å². The fraction of sp³-hybridized carbons (Fsp3) is 0.176. The van der Waals surface area contributed by atoms with E-state index in [-0.39, 0.29) is 12.3 Å². The molecule has 0 radical (unpaired) electrons. The fourth-order valence-electron chi connectivity index (χ4n) is 2.17. The molecule has 2 N–H and O–H groups in total. The monoisotopic (exact) mass is 487 g/mol. The Hall–Kier alpha value is -1.41. The molecule has 0 aromatic heterocycles. The number of benzene rings is 2. The molecule has 0 bridgehead atoms. The van der Waals surface area contributed by atoms with Gasteiger partial charge in [0.25, 0.3) is 0 Å². The number of carboxylic acids is 1. The molecule has 0 saturated heterocycles. The Labute approximate surface area is 156 Å². The highest BCUT2D eigenvalue weighted by molar-refractivity contribution is 14.1. The SMILES string of the molecule is O=C(O)C[C@@H](Cc1ccc(Br)cc1)C(=O)Nc1ccccc1I. The van der Waals surface area contributed by atoms with Gasteiger partial charge in [-0.1, -0.05) is 40.2 Å². The van der Waals surface area contributed by atoms with Crippen LogP contribution in [0.1, 0.15) is 12.0 Å².